The van der Waals surface area contributed by atoms with Gasteiger partial charge >= 0.3 is 0 Å². The molecular formula is C16H18N2O3. The molecule has 0 aromatic heterocycles. The number of carbonyl (C=O) groups excluding carboxylic acids is 1. The minimum atomic E-state index is -0.261. The molecule has 0 fully saturated rings. The maximum atomic E-state index is 12.3. The molecule has 110 valence electrons. The van der Waals surface area contributed by atoms with Crippen molar-refractivity contribution in [3.05, 3.63) is 47.5 Å². The lowest BCUT2D eigenvalue weighted by atomic mass is 10.1. The lowest BCUT2D eigenvalue weighted by Crippen LogP contribution is -2.14. The van der Waals surface area contributed by atoms with Crippen molar-refractivity contribution in [3.8, 4) is 11.5 Å². The van der Waals surface area contributed by atoms with Crippen molar-refractivity contribution in [2.45, 2.75) is 6.92 Å². The third-order valence-electron chi connectivity index (χ3n) is 3.09. The van der Waals surface area contributed by atoms with Gasteiger partial charge in [-0.15, -0.1) is 0 Å². The molecule has 0 spiro atoms. The molecule has 2 aromatic rings. The summed E-state index contributed by atoms with van der Waals surface area (Å²) in [6, 6.07) is 10.5. The molecule has 0 saturated carbocycles. The van der Waals surface area contributed by atoms with Gasteiger partial charge in [0, 0.05) is 17.4 Å². The molecule has 2 aromatic carbocycles. The Morgan fingerprint density at radius 2 is 1.76 bits per heavy atom. The first-order valence-corrected chi connectivity index (χ1v) is 6.44. The molecule has 0 aliphatic rings. The van der Waals surface area contributed by atoms with Crippen LogP contribution < -0.4 is 20.5 Å². The maximum Gasteiger partial charge on any atom is 0.257 e. The van der Waals surface area contributed by atoms with Crippen LogP contribution in [0.5, 0.6) is 11.5 Å². The molecule has 2 rings (SSSR count). The Morgan fingerprint density at radius 1 is 1.05 bits per heavy atom. The highest BCUT2D eigenvalue weighted by Gasteiger charge is 2.12. The molecule has 5 heteroatoms. The summed E-state index contributed by atoms with van der Waals surface area (Å²) in [7, 11) is 3.10. The van der Waals surface area contributed by atoms with Crippen molar-refractivity contribution in [3.63, 3.8) is 0 Å². The molecule has 0 unspecified atom stereocenters. The summed E-state index contributed by atoms with van der Waals surface area (Å²) in [5, 5.41) is 2.80. The third kappa shape index (κ3) is 3.25. The number of rotatable bonds is 4. The molecule has 0 heterocycles. The zero-order valence-electron chi connectivity index (χ0n) is 12.3. The second kappa shape index (κ2) is 6.17. The Bertz CT molecular complexity index is 669. The molecule has 0 aliphatic heterocycles. The first-order valence-electron chi connectivity index (χ1n) is 6.44. The lowest BCUT2D eigenvalue weighted by molar-refractivity contribution is 0.102. The van der Waals surface area contributed by atoms with E-state index in [0.29, 0.717) is 28.4 Å². The largest absolute Gasteiger partial charge is 0.493 e. The van der Waals surface area contributed by atoms with Crippen LogP contribution in [0.3, 0.4) is 0 Å². The number of hydrogen-bond donors (Lipinski definition) is 2. The Balaban J connectivity index is 2.25. The fraction of sp³-hybridized carbons (Fsp3) is 0.188. The highest BCUT2D eigenvalue weighted by Crippen LogP contribution is 2.30. The summed E-state index contributed by atoms with van der Waals surface area (Å²) in [6.45, 7) is 1.91. The van der Waals surface area contributed by atoms with E-state index in [0.717, 1.165) is 5.56 Å². The average Bonchev–Trinajstić information content (AvgIpc) is 2.49. The van der Waals surface area contributed by atoms with Gasteiger partial charge in [0.25, 0.3) is 5.91 Å². The van der Waals surface area contributed by atoms with Crippen molar-refractivity contribution in [1.29, 1.82) is 0 Å². The number of methoxy groups -OCH3 is 2. The number of anilines is 2. The first-order chi connectivity index (χ1) is 10.0. The van der Waals surface area contributed by atoms with Gasteiger partial charge in [0.1, 0.15) is 0 Å². The SMILES string of the molecule is COc1ccc(NC(=O)c2cc(C)ccc2N)cc1OC. The minimum Gasteiger partial charge on any atom is -0.493 e. The molecule has 3 N–H and O–H groups in total. The van der Waals surface area contributed by atoms with E-state index in [9.17, 15) is 4.79 Å². The summed E-state index contributed by atoms with van der Waals surface area (Å²) in [6.07, 6.45) is 0. The van der Waals surface area contributed by atoms with Gasteiger partial charge in [0.2, 0.25) is 0 Å². The number of nitrogens with one attached hydrogen (secondary N) is 1. The predicted octanol–water partition coefficient (Wildman–Crippen LogP) is 2.85. The summed E-state index contributed by atoms with van der Waals surface area (Å²) in [5.41, 5.74) is 8.32. The van der Waals surface area contributed by atoms with Crippen LogP contribution in [0, 0.1) is 6.92 Å². The van der Waals surface area contributed by atoms with E-state index < -0.39 is 0 Å². The number of amides is 1. The summed E-state index contributed by atoms with van der Waals surface area (Å²) in [4.78, 5) is 12.3. The molecule has 1 amide bonds. The van der Waals surface area contributed by atoms with Crippen LogP contribution in [-0.2, 0) is 0 Å². The third-order valence-corrected chi connectivity index (χ3v) is 3.09. The smallest absolute Gasteiger partial charge is 0.257 e. The van der Waals surface area contributed by atoms with Gasteiger partial charge in [0.15, 0.2) is 11.5 Å². The fourth-order valence-electron chi connectivity index (χ4n) is 1.98. The molecule has 0 radical (unpaired) electrons. The summed E-state index contributed by atoms with van der Waals surface area (Å²) in [5.74, 6) is 0.890. The van der Waals surface area contributed by atoms with Crippen molar-refractivity contribution >= 4 is 17.3 Å². The number of hydrogen-bond acceptors (Lipinski definition) is 4. The molecule has 0 atom stereocenters. The van der Waals surface area contributed by atoms with Crippen molar-refractivity contribution in [2.75, 3.05) is 25.3 Å². The van der Waals surface area contributed by atoms with Crippen LogP contribution in [0.4, 0.5) is 11.4 Å². The number of nitrogen functional groups attached to an aromatic ring is 1. The van der Waals surface area contributed by atoms with Crippen molar-refractivity contribution in [1.82, 2.24) is 0 Å². The number of nitrogens with two attached hydrogens (primary N) is 1. The Hall–Kier alpha value is -2.69. The zero-order valence-corrected chi connectivity index (χ0v) is 12.3. The van der Waals surface area contributed by atoms with Gasteiger partial charge < -0.3 is 20.5 Å². The monoisotopic (exact) mass is 286 g/mol. The van der Waals surface area contributed by atoms with E-state index in [1.165, 1.54) is 0 Å². The standard InChI is InChI=1S/C16H18N2O3/c1-10-4-6-13(17)12(8-10)16(19)18-11-5-7-14(20-2)15(9-11)21-3/h4-9H,17H2,1-3H3,(H,18,19). The molecular weight excluding hydrogens is 268 g/mol. The molecule has 0 bridgehead atoms. The first kappa shape index (κ1) is 14.7. The van der Waals surface area contributed by atoms with Crippen LogP contribution in [0.1, 0.15) is 15.9 Å². The fourth-order valence-corrected chi connectivity index (χ4v) is 1.98. The molecule has 5 nitrogen and oxygen atoms in total. The minimum absolute atomic E-state index is 0.261. The maximum absolute atomic E-state index is 12.3. The second-order valence-electron chi connectivity index (χ2n) is 4.61. The van der Waals surface area contributed by atoms with E-state index in [4.69, 9.17) is 15.2 Å². The Kier molecular flexibility index (Phi) is 4.33. The zero-order chi connectivity index (χ0) is 15.4. The second-order valence-corrected chi connectivity index (χ2v) is 4.61. The molecule has 0 saturated heterocycles. The van der Waals surface area contributed by atoms with Crippen LogP contribution >= 0.6 is 0 Å². The lowest BCUT2D eigenvalue weighted by Gasteiger charge is -2.11. The van der Waals surface area contributed by atoms with Crippen LogP contribution in [0.15, 0.2) is 36.4 Å². The van der Waals surface area contributed by atoms with Crippen LogP contribution in [-0.4, -0.2) is 20.1 Å². The van der Waals surface area contributed by atoms with E-state index in [2.05, 4.69) is 5.32 Å². The van der Waals surface area contributed by atoms with Crippen LogP contribution in [0.2, 0.25) is 0 Å². The summed E-state index contributed by atoms with van der Waals surface area (Å²) >= 11 is 0. The van der Waals surface area contributed by atoms with E-state index >= 15 is 0 Å². The predicted molar refractivity (Wildman–Crippen MR) is 83.1 cm³/mol. The number of carbonyl (C=O) groups is 1. The number of benzene rings is 2. The van der Waals surface area contributed by atoms with Gasteiger partial charge in [0.05, 0.1) is 19.8 Å². The van der Waals surface area contributed by atoms with Crippen molar-refractivity contribution < 1.29 is 14.3 Å². The highest BCUT2D eigenvalue weighted by molar-refractivity contribution is 6.07. The van der Waals surface area contributed by atoms with E-state index in [-0.39, 0.29) is 5.91 Å². The van der Waals surface area contributed by atoms with Gasteiger partial charge in [-0.3, -0.25) is 4.79 Å². The van der Waals surface area contributed by atoms with Crippen LogP contribution in [0.25, 0.3) is 0 Å². The van der Waals surface area contributed by atoms with Gasteiger partial charge in [-0.2, -0.15) is 0 Å². The number of aryl methyl sites for hydroxylation is 1. The summed E-state index contributed by atoms with van der Waals surface area (Å²) < 4.78 is 10.4. The Morgan fingerprint density at radius 3 is 2.43 bits per heavy atom. The Labute approximate surface area is 123 Å². The van der Waals surface area contributed by atoms with Gasteiger partial charge in [-0.1, -0.05) is 11.6 Å². The van der Waals surface area contributed by atoms with Crippen molar-refractivity contribution in [2.24, 2.45) is 0 Å². The topological polar surface area (TPSA) is 73.6 Å². The molecule has 21 heavy (non-hydrogen) atoms. The highest BCUT2D eigenvalue weighted by atomic mass is 16.5. The van der Waals surface area contributed by atoms with E-state index in [1.807, 2.05) is 13.0 Å². The normalized spacial score (nSPS) is 10.0. The van der Waals surface area contributed by atoms with Gasteiger partial charge in [-0.25, -0.2) is 0 Å². The average molecular weight is 286 g/mol. The number of ether oxygens (including phenoxy) is 2. The van der Waals surface area contributed by atoms with Gasteiger partial charge in [-0.05, 0) is 31.2 Å². The quantitative estimate of drug-likeness (QED) is 0.848. The molecule has 0 aliphatic carbocycles. The van der Waals surface area contributed by atoms with E-state index in [1.54, 1.807) is 44.6 Å².